The Morgan fingerprint density at radius 3 is 2.21 bits per heavy atom. The number of carbonyl (C=O) groups is 1. The summed E-state index contributed by atoms with van der Waals surface area (Å²) in [7, 11) is -4.77. The first-order valence-corrected chi connectivity index (χ1v) is 17.2. The van der Waals surface area contributed by atoms with Crippen molar-refractivity contribution < 1.29 is 27.2 Å². The normalized spacial score (nSPS) is 12.2. The van der Waals surface area contributed by atoms with Gasteiger partial charge in [0.15, 0.2) is 4.80 Å². The molecule has 0 N–H and O–H groups in total. The summed E-state index contributed by atoms with van der Waals surface area (Å²) in [4.78, 5) is 18.0. The third kappa shape index (κ3) is 7.86. The van der Waals surface area contributed by atoms with Gasteiger partial charge in [-0.05, 0) is 68.1 Å². The topological polar surface area (TPSA) is 69.9 Å². The Labute approximate surface area is 264 Å². The molecule has 1 aromatic heterocycles. The second-order valence-corrected chi connectivity index (χ2v) is 13.0. The standard InChI is InChI=1S/C30H30BrF2N2O4PS.C2H6/c1-5-38-40(37,39-6-2)30(32,33)25-15-13-22(17-26(25)31)18-35-27(23-10-8-7-9-11-23)19-41-29(35)34-28(36)24-14-12-20(3)21(4)16-24;1-2/h7-17,19H,5-6,18H2,1-4H3;1-2H3. The molecular formula is C32H36BrF2N2O4PS. The van der Waals surface area contributed by atoms with Crippen molar-refractivity contribution in [2.75, 3.05) is 13.2 Å². The molecule has 0 saturated heterocycles. The van der Waals surface area contributed by atoms with Crippen LogP contribution in [0.25, 0.3) is 11.3 Å². The number of aromatic nitrogens is 1. The second-order valence-electron chi connectivity index (χ2n) is 9.26. The smallest absolute Gasteiger partial charge is 0.312 e. The van der Waals surface area contributed by atoms with E-state index in [1.54, 1.807) is 12.1 Å². The van der Waals surface area contributed by atoms with Crippen LogP contribution >= 0.6 is 34.9 Å². The lowest BCUT2D eigenvalue weighted by atomic mass is 10.1. The molecule has 6 nitrogen and oxygen atoms in total. The van der Waals surface area contributed by atoms with Gasteiger partial charge >= 0.3 is 13.3 Å². The zero-order chi connectivity index (χ0) is 31.8. The average Bonchev–Trinajstić information content (AvgIpc) is 3.37. The maximum atomic E-state index is 15.5. The summed E-state index contributed by atoms with van der Waals surface area (Å²) in [5.74, 6) is -0.373. The van der Waals surface area contributed by atoms with E-state index in [0.29, 0.717) is 15.9 Å². The largest absolute Gasteiger partial charge is 0.404 e. The highest BCUT2D eigenvalue weighted by atomic mass is 79.9. The molecule has 3 aromatic carbocycles. The molecule has 0 aliphatic heterocycles. The number of amides is 1. The summed E-state index contributed by atoms with van der Waals surface area (Å²) in [6.45, 7) is 10.8. The monoisotopic (exact) mass is 692 g/mol. The molecule has 1 amide bonds. The minimum Gasteiger partial charge on any atom is -0.312 e. The molecule has 0 radical (unpaired) electrons. The quantitative estimate of drug-likeness (QED) is 0.155. The molecule has 0 unspecified atom stereocenters. The minimum absolute atomic E-state index is 0.0569. The lowest BCUT2D eigenvalue weighted by Gasteiger charge is -2.26. The van der Waals surface area contributed by atoms with Gasteiger partial charge in [0.2, 0.25) is 0 Å². The van der Waals surface area contributed by atoms with E-state index in [1.165, 1.54) is 37.3 Å². The number of carbonyl (C=O) groups excluding carboxylic acids is 1. The number of thiazole rings is 1. The summed E-state index contributed by atoms with van der Waals surface area (Å²) < 4.78 is 55.7. The number of halogens is 3. The highest BCUT2D eigenvalue weighted by Crippen LogP contribution is 2.67. The van der Waals surface area contributed by atoms with Crippen molar-refractivity contribution in [2.24, 2.45) is 4.99 Å². The Morgan fingerprint density at radius 1 is 0.977 bits per heavy atom. The Morgan fingerprint density at radius 2 is 1.63 bits per heavy atom. The number of hydrogen-bond acceptors (Lipinski definition) is 5. The van der Waals surface area contributed by atoms with Crippen LogP contribution in [-0.2, 0) is 25.8 Å². The zero-order valence-corrected chi connectivity index (χ0v) is 28.4. The van der Waals surface area contributed by atoms with Crippen LogP contribution in [0.5, 0.6) is 0 Å². The molecule has 11 heteroatoms. The number of alkyl halides is 2. The first-order valence-electron chi connectivity index (χ1n) is 14.0. The fraction of sp³-hybridized carbons (Fsp3) is 0.312. The van der Waals surface area contributed by atoms with Gasteiger partial charge in [0, 0.05) is 21.0 Å². The van der Waals surface area contributed by atoms with Crippen molar-refractivity contribution in [1.82, 2.24) is 4.57 Å². The molecule has 0 saturated carbocycles. The van der Waals surface area contributed by atoms with Crippen LogP contribution in [-0.4, -0.2) is 23.7 Å². The van der Waals surface area contributed by atoms with Gasteiger partial charge in [0.1, 0.15) is 0 Å². The Hall–Kier alpha value is -2.75. The molecule has 0 fully saturated rings. The molecule has 230 valence electrons. The summed E-state index contributed by atoms with van der Waals surface area (Å²) in [5.41, 5.74) is 0.588. The van der Waals surface area contributed by atoms with Crippen molar-refractivity contribution in [3.8, 4) is 11.3 Å². The summed E-state index contributed by atoms with van der Waals surface area (Å²) in [6, 6.07) is 19.4. The summed E-state index contributed by atoms with van der Waals surface area (Å²) in [5, 5.41) is 1.92. The van der Waals surface area contributed by atoms with E-state index in [-0.39, 0.29) is 30.1 Å². The lowest BCUT2D eigenvalue weighted by Crippen LogP contribution is -2.20. The van der Waals surface area contributed by atoms with Gasteiger partial charge in [-0.2, -0.15) is 13.8 Å². The molecule has 0 bridgehead atoms. The van der Waals surface area contributed by atoms with Gasteiger partial charge in [0.05, 0.1) is 25.5 Å². The Balaban J connectivity index is 0.00000248. The number of benzene rings is 3. The second kappa shape index (κ2) is 15.3. The Bertz CT molecular complexity index is 1660. The van der Waals surface area contributed by atoms with E-state index in [1.807, 2.05) is 80.1 Å². The van der Waals surface area contributed by atoms with Crippen molar-refractivity contribution in [3.05, 3.63) is 109 Å². The average molecular weight is 694 g/mol. The van der Waals surface area contributed by atoms with Crippen LogP contribution in [0.3, 0.4) is 0 Å². The van der Waals surface area contributed by atoms with Crippen molar-refractivity contribution >= 4 is 40.8 Å². The van der Waals surface area contributed by atoms with E-state index in [9.17, 15) is 9.36 Å². The highest BCUT2D eigenvalue weighted by molar-refractivity contribution is 9.10. The van der Waals surface area contributed by atoms with Gasteiger partial charge < -0.3 is 13.6 Å². The first kappa shape index (κ1) is 34.7. The predicted octanol–water partition coefficient (Wildman–Crippen LogP) is 9.73. The molecular weight excluding hydrogens is 657 g/mol. The van der Waals surface area contributed by atoms with E-state index in [2.05, 4.69) is 20.9 Å². The highest BCUT2D eigenvalue weighted by Gasteiger charge is 2.55. The van der Waals surface area contributed by atoms with Crippen LogP contribution in [0.2, 0.25) is 0 Å². The fourth-order valence-electron chi connectivity index (χ4n) is 4.21. The first-order chi connectivity index (χ1) is 20.5. The number of rotatable bonds is 10. The van der Waals surface area contributed by atoms with Crippen LogP contribution in [0, 0.1) is 13.8 Å². The van der Waals surface area contributed by atoms with Crippen LogP contribution in [0.1, 0.15) is 60.3 Å². The number of aryl methyl sites for hydroxylation is 2. The molecule has 0 aliphatic carbocycles. The SMILES string of the molecule is CC.CCOP(=O)(OCC)C(F)(F)c1ccc(Cn2c(-c3ccccc3)csc2=NC(=O)c2ccc(C)c(C)c2)cc1Br. The predicted molar refractivity (Wildman–Crippen MR) is 173 cm³/mol. The van der Waals surface area contributed by atoms with E-state index < -0.39 is 18.8 Å². The molecule has 0 aliphatic rings. The van der Waals surface area contributed by atoms with Gasteiger partial charge in [-0.25, -0.2) is 0 Å². The van der Waals surface area contributed by atoms with Crippen LogP contribution in [0.15, 0.2) is 81.6 Å². The zero-order valence-electron chi connectivity index (χ0n) is 25.1. The maximum absolute atomic E-state index is 15.5. The van der Waals surface area contributed by atoms with Gasteiger partial charge in [0.25, 0.3) is 5.91 Å². The number of nitrogens with zero attached hydrogens (tertiary/aromatic N) is 2. The van der Waals surface area contributed by atoms with E-state index >= 15 is 8.78 Å². The van der Waals surface area contributed by atoms with E-state index in [0.717, 1.165) is 22.4 Å². The van der Waals surface area contributed by atoms with Crippen LogP contribution in [0.4, 0.5) is 8.78 Å². The molecule has 4 rings (SSSR count). The number of hydrogen-bond donors (Lipinski definition) is 0. The third-order valence-electron chi connectivity index (χ3n) is 6.46. The van der Waals surface area contributed by atoms with Crippen molar-refractivity contribution in [1.29, 1.82) is 0 Å². The maximum Gasteiger partial charge on any atom is 0.404 e. The van der Waals surface area contributed by atoms with Gasteiger partial charge in [-0.1, -0.05) is 78.3 Å². The molecule has 43 heavy (non-hydrogen) atoms. The molecule has 1 heterocycles. The Kier molecular flexibility index (Phi) is 12.4. The van der Waals surface area contributed by atoms with Crippen LogP contribution < -0.4 is 4.80 Å². The van der Waals surface area contributed by atoms with Gasteiger partial charge in [-0.3, -0.25) is 9.36 Å². The summed E-state index contributed by atoms with van der Waals surface area (Å²) in [6.07, 6.45) is 0. The van der Waals surface area contributed by atoms with Crippen molar-refractivity contribution in [3.63, 3.8) is 0 Å². The molecule has 0 atom stereocenters. The van der Waals surface area contributed by atoms with Gasteiger partial charge in [-0.15, -0.1) is 11.3 Å². The fourth-order valence-corrected chi connectivity index (χ4v) is 7.51. The molecule has 4 aromatic rings. The third-order valence-corrected chi connectivity index (χ3v) is 10.1. The molecule has 0 spiro atoms. The minimum atomic E-state index is -4.77. The van der Waals surface area contributed by atoms with Crippen molar-refractivity contribution in [2.45, 2.75) is 53.8 Å². The summed E-state index contributed by atoms with van der Waals surface area (Å²) >= 11 is 4.57. The lowest BCUT2D eigenvalue weighted by molar-refractivity contribution is 0.0354. The van der Waals surface area contributed by atoms with E-state index in [4.69, 9.17) is 9.05 Å².